The van der Waals surface area contributed by atoms with E-state index in [1.54, 1.807) is 11.3 Å². The van der Waals surface area contributed by atoms with Crippen molar-refractivity contribution < 1.29 is 0 Å². The maximum absolute atomic E-state index is 6.17. The zero-order valence-electron chi connectivity index (χ0n) is 14.5. The molecule has 0 bridgehead atoms. The smallest absolute Gasteiger partial charge is 0.191 e. The zero-order valence-corrected chi connectivity index (χ0v) is 15.3. The van der Waals surface area contributed by atoms with Gasteiger partial charge in [0.1, 0.15) is 5.82 Å². The topological polar surface area (TPSA) is 87.9 Å². The molecule has 8 nitrogen and oxygen atoms in total. The van der Waals surface area contributed by atoms with Crippen LogP contribution >= 0.6 is 11.3 Å². The number of aromatic nitrogens is 4. The van der Waals surface area contributed by atoms with Crippen LogP contribution in [0.5, 0.6) is 0 Å². The minimum Gasteiger partial charge on any atom is -0.370 e. The summed E-state index contributed by atoms with van der Waals surface area (Å²) in [5.41, 5.74) is 7.05. The van der Waals surface area contributed by atoms with E-state index in [1.165, 1.54) is 0 Å². The molecule has 0 saturated carbocycles. The number of rotatable bonds is 5. The number of pyridine rings is 1. The molecule has 0 spiro atoms. The van der Waals surface area contributed by atoms with E-state index >= 15 is 0 Å². The molecule has 1 aliphatic rings. The first-order valence-electron chi connectivity index (χ1n) is 8.79. The molecule has 4 rings (SSSR count). The number of guanidine groups is 1. The molecule has 2 N–H and O–H groups in total. The minimum atomic E-state index is 0.634. The van der Waals surface area contributed by atoms with Crippen molar-refractivity contribution in [1.29, 1.82) is 0 Å². The SMILES string of the molecule is NC(=NCCCc1nnc2ccccn12)N1CCN(c2nccs2)CC1. The largest absolute Gasteiger partial charge is 0.370 e. The lowest BCUT2D eigenvalue weighted by molar-refractivity contribution is 0.380. The lowest BCUT2D eigenvalue weighted by Gasteiger charge is -2.35. The molecule has 0 amide bonds. The zero-order chi connectivity index (χ0) is 17.8. The number of fused-ring (bicyclic) bond motifs is 1. The standard InChI is InChI=1S/C17H22N8S/c18-16(23-9-11-24(12-10-23)17-20-7-13-26-17)19-6-3-5-15-22-21-14-4-1-2-8-25(14)15/h1-2,4,7-8,13H,3,5-6,9-12H2,(H2,18,19). The van der Waals surface area contributed by atoms with Gasteiger partial charge in [-0.2, -0.15) is 0 Å². The Kier molecular flexibility index (Phi) is 4.96. The van der Waals surface area contributed by atoms with E-state index in [9.17, 15) is 0 Å². The van der Waals surface area contributed by atoms with E-state index in [-0.39, 0.29) is 0 Å². The molecule has 0 aliphatic carbocycles. The molecule has 9 heteroatoms. The summed E-state index contributed by atoms with van der Waals surface area (Å²) < 4.78 is 2.02. The Balaban J connectivity index is 1.25. The van der Waals surface area contributed by atoms with E-state index < -0.39 is 0 Å². The van der Waals surface area contributed by atoms with Gasteiger partial charge in [-0.15, -0.1) is 21.5 Å². The summed E-state index contributed by atoms with van der Waals surface area (Å²) in [6.07, 6.45) is 5.57. The van der Waals surface area contributed by atoms with Crippen LogP contribution in [0.1, 0.15) is 12.2 Å². The van der Waals surface area contributed by atoms with Gasteiger partial charge in [-0.05, 0) is 18.6 Å². The summed E-state index contributed by atoms with van der Waals surface area (Å²) >= 11 is 1.68. The predicted octanol–water partition coefficient (Wildman–Crippen LogP) is 1.26. The van der Waals surface area contributed by atoms with Crippen molar-refractivity contribution in [1.82, 2.24) is 24.5 Å². The molecular weight excluding hydrogens is 348 g/mol. The molecular formula is C17H22N8S. The summed E-state index contributed by atoms with van der Waals surface area (Å²) in [5, 5.41) is 11.5. The highest BCUT2D eigenvalue weighted by atomic mass is 32.1. The highest BCUT2D eigenvalue weighted by molar-refractivity contribution is 7.13. The predicted molar refractivity (Wildman–Crippen MR) is 104 cm³/mol. The summed E-state index contributed by atoms with van der Waals surface area (Å²) in [6, 6.07) is 5.91. The molecule has 3 aromatic heterocycles. The van der Waals surface area contributed by atoms with Gasteiger partial charge in [-0.1, -0.05) is 6.07 Å². The summed E-state index contributed by atoms with van der Waals surface area (Å²) in [4.78, 5) is 13.4. The number of nitrogens with two attached hydrogens (primary N) is 1. The first-order valence-corrected chi connectivity index (χ1v) is 9.67. The summed E-state index contributed by atoms with van der Waals surface area (Å²) in [6.45, 7) is 4.30. The molecule has 3 aromatic rings. The third-order valence-electron chi connectivity index (χ3n) is 4.51. The van der Waals surface area contributed by atoms with Crippen molar-refractivity contribution in [3.8, 4) is 0 Å². The molecule has 1 fully saturated rings. The third kappa shape index (κ3) is 3.62. The van der Waals surface area contributed by atoms with Crippen LogP contribution in [0.15, 0.2) is 41.0 Å². The van der Waals surface area contributed by atoms with Crippen LogP contribution in [0.25, 0.3) is 5.65 Å². The van der Waals surface area contributed by atoms with Gasteiger partial charge >= 0.3 is 0 Å². The lowest BCUT2D eigenvalue weighted by atomic mass is 10.3. The Morgan fingerprint density at radius 3 is 2.88 bits per heavy atom. The molecule has 26 heavy (non-hydrogen) atoms. The van der Waals surface area contributed by atoms with Gasteiger partial charge in [-0.3, -0.25) is 9.39 Å². The Morgan fingerprint density at radius 2 is 2.08 bits per heavy atom. The average molecular weight is 370 g/mol. The van der Waals surface area contributed by atoms with Crippen molar-refractivity contribution in [2.75, 3.05) is 37.6 Å². The number of hydrogen-bond donors (Lipinski definition) is 1. The van der Waals surface area contributed by atoms with Gasteiger partial charge in [0.2, 0.25) is 0 Å². The Bertz CT molecular complexity index is 864. The summed E-state index contributed by atoms with van der Waals surface area (Å²) in [7, 11) is 0. The quantitative estimate of drug-likeness (QED) is 0.413. The van der Waals surface area contributed by atoms with Gasteiger partial charge < -0.3 is 15.5 Å². The fraction of sp³-hybridized carbons (Fsp3) is 0.412. The fourth-order valence-electron chi connectivity index (χ4n) is 3.09. The number of nitrogens with zero attached hydrogens (tertiary/aromatic N) is 7. The monoisotopic (exact) mass is 370 g/mol. The van der Waals surface area contributed by atoms with Gasteiger partial charge in [0.15, 0.2) is 16.7 Å². The van der Waals surface area contributed by atoms with E-state index in [4.69, 9.17) is 5.73 Å². The van der Waals surface area contributed by atoms with E-state index in [0.29, 0.717) is 12.5 Å². The van der Waals surface area contributed by atoms with Crippen LogP contribution in [0, 0.1) is 0 Å². The Hall–Kier alpha value is -2.68. The van der Waals surface area contributed by atoms with Gasteiger partial charge in [0.05, 0.1) is 0 Å². The maximum Gasteiger partial charge on any atom is 0.191 e. The van der Waals surface area contributed by atoms with Crippen molar-refractivity contribution in [3.63, 3.8) is 0 Å². The Labute approximate surface area is 156 Å². The van der Waals surface area contributed by atoms with Crippen LogP contribution < -0.4 is 10.6 Å². The van der Waals surface area contributed by atoms with Gasteiger partial charge in [0.25, 0.3) is 0 Å². The molecule has 1 aliphatic heterocycles. The van der Waals surface area contributed by atoms with Crippen molar-refractivity contribution in [3.05, 3.63) is 41.8 Å². The second-order valence-corrected chi connectivity index (χ2v) is 7.05. The normalized spacial score (nSPS) is 15.8. The van der Waals surface area contributed by atoms with Gasteiger partial charge in [-0.25, -0.2) is 4.98 Å². The van der Waals surface area contributed by atoms with Crippen LogP contribution in [0.3, 0.4) is 0 Å². The summed E-state index contributed by atoms with van der Waals surface area (Å²) in [5.74, 6) is 1.60. The van der Waals surface area contributed by atoms with E-state index in [1.807, 2.05) is 40.4 Å². The number of thiazole rings is 1. The molecule has 0 atom stereocenters. The van der Waals surface area contributed by atoms with Crippen molar-refractivity contribution >= 4 is 28.1 Å². The molecule has 4 heterocycles. The first-order chi connectivity index (χ1) is 12.8. The average Bonchev–Trinajstić information content (AvgIpc) is 3.35. The second kappa shape index (κ2) is 7.69. The van der Waals surface area contributed by atoms with Crippen LogP contribution in [0.4, 0.5) is 5.13 Å². The van der Waals surface area contributed by atoms with Gasteiger partial charge in [0, 0.05) is 56.9 Å². The second-order valence-electron chi connectivity index (χ2n) is 6.18. The van der Waals surface area contributed by atoms with Crippen molar-refractivity contribution in [2.24, 2.45) is 10.7 Å². The number of aliphatic imine (C=N–C) groups is 1. The van der Waals surface area contributed by atoms with Crippen LogP contribution in [-0.4, -0.2) is 63.2 Å². The third-order valence-corrected chi connectivity index (χ3v) is 5.34. The van der Waals surface area contributed by atoms with E-state index in [0.717, 1.165) is 55.6 Å². The van der Waals surface area contributed by atoms with E-state index in [2.05, 4.69) is 30.0 Å². The van der Waals surface area contributed by atoms with Crippen LogP contribution in [-0.2, 0) is 6.42 Å². The van der Waals surface area contributed by atoms with Crippen molar-refractivity contribution in [2.45, 2.75) is 12.8 Å². The lowest BCUT2D eigenvalue weighted by Crippen LogP contribution is -2.51. The molecule has 136 valence electrons. The maximum atomic E-state index is 6.17. The number of piperazine rings is 1. The number of hydrogen-bond acceptors (Lipinski definition) is 6. The molecule has 0 unspecified atom stereocenters. The minimum absolute atomic E-state index is 0.634. The fourth-order valence-corrected chi connectivity index (χ4v) is 3.79. The molecule has 0 radical (unpaired) electrons. The number of aryl methyl sites for hydroxylation is 1. The highest BCUT2D eigenvalue weighted by Gasteiger charge is 2.19. The first kappa shape index (κ1) is 16.8. The Morgan fingerprint density at radius 1 is 1.19 bits per heavy atom. The number of anilines is 1. The highest BCUT2D eigenvalue weighted by Crippen LogP contribution is 2.18. The van der Waals surface area contributed by atoms with Crippen LogP contribution in [0.2, 0.25) is 0 Å². The molecule has 1 saturated heterocycles. The molecule has 0 aromatic carbocycles.